The van der Waals surface area contributed by atoms with Crippen LogP contribution in [0.1, 0.15) is 17.3 Å². The number of carbonyl (C=O) groups excluding carboxylic acids is 2. The van der Waals surface area contributed by atoms with E-state index < -0.39 is 17.0 Å². The monoisotopic (exact) mass is 352 g/mol. The van der Waals surface area contributed by atoms with Gasteiger partial charge in [-0.3, -0.25) is 20.4 Å². The Hall–Kier alpha value is -2.05. The number of nitrogens with one attached hydrogen (secondary N) is 2. The Morgan fingerprint density at radius 2 is 1.83 bits per heavy atom. The van der Waals surface area contributed by atoms with Crippen molar-refractivity contribution >= 4 is 35.2 Å². The lowest BCUT2D eigenvalue weighted by Gasteiger charge is -2.13. The molecule has 0 aromatic heterocycles. The van der Waals surface area contributed by atoms with Gasteiger partial charge in [-0.1, -0.05) is 29.8 Å². The molecule has 4 nitrogen and oxygen atoms in total. The van der Waals surface area contributed by atoms with E-state index in [1.165, 1.54) is 30.0 Å². The molecule has 120 valence electrons. The van der Waals surface area contributed by atoms with Crippen LogP contribution < -0.4 is 10.9 Å². The van der Waals surface area contributed by atoms with Crippen LogP contribution in [-0.2, 0) is 4.79 Å². The van der Waals surface area contributed by atoms with Crippen molar-refractivity contribution in [3.05, 3.63) is 64.9 Å². The Kier molecular flexibility index (Phi) is 6.01. The SMILES string of the molecule is C[C@H](Sc1ccc(F)c(Cl)c1)C(=O)NNC(=O)c1ccccc1. The van der Waals surface area contributed by atoms with Gasteiger partial charge in [0.1, 0.15) is 5.82 Å². The third kappa shape index (κ3) is 4.97. The van der Waals surface area contributed by atoms with Gasteiger partial charge in [-0.05, 0) is 37.3 Å². The molecule has 1 atom stereocenters. The second kappa shape index (κ2) is 7.99. The highest BCUT2D eigenvalue weighted by molar-refractivity contribution is 8.00. The van der Waals surface area contributed by atoms with Crippen LogP contribution >= 0.6 is 23.4 Å². The Morgan fingerprint density at radius 1 is 1.13 bits per heavy atom. The summed E-state index contributed by atoms with van der Waals surface area (Å²) in [6.07, 6.45) is 0. The van der Waals surface area contributed by atoms with E-state index in [0.29, 0.717) is 10.5 Å². The van der Waals surface area contributed by atoms with Crippen molar-refractivity contribution in [2.45, 2.75) is 17.1 Å². The smallest absolute Gasteiger partial charge is 0.269 e. The molecule has 2 aromatic rings. The van der Waals surface area contributed by atoms with Gasteiger partial charge >= 0.3 is 0 Å². The number of hydrazine groups is 1. The summed E-state index contributed by atoms with van der Waals surface area (Å²) in [6.45, 7) is 1.67. The fourth-order valence-electron chi connectivity index (χ4n) is 1.69. The zero-order chi connectivity index (χ0) is 16.8. The zero-order valence-corrected chi connectivity index (χ0v) is 13.7. The molecule has 0 radical (unpaired) electrons. The molecule has 0 spiro atoms. The van der Waals surface area contributed by atoms with E-state index in [0.717, 1.165) is 0 Å². The minimum Gasteiger partial charge on any atom is -0.272 e. The molecule has 0 aliphatic heterocycles. The number of thioether (sulfide) groups is 1. The Morgan fingerprint density at radius 3 is 2.48 bits per heavy atom. The summed E-state index contributed by atoms with van der Waals surface area (Å²) < 4.78 is 13.1. The van der Waals surface area contributed by atoms with Crippen molar-refractivity contribution < 1.29 is 14.0 Å². The van der Waals surface area contributed by atoms with Crippen LogP contribution in [0.5, 0.6) is 0 Å². The molecule has 0 saturated heterocycles. The molecule has 0 fully saturated rings. The third-order valence-electron chi connectivity index (χ3n) is 2.91. The van der Waals surface area contributed by atoms with Gasteiger partial charge in [0, 0.05) is 10.5 Å². The van der Waals surface area contributed by atoms with Gasteiger partial charge in [-0.15, -0.1) is 11.8 Å². The van der Waals surface area contributed by atoms with Gasteiger partial charge in [-0.2, -0.15) is 0 Å². The lowest BCUT2D eigenvalue weighted by atomic mass is 10.2. The minimum absolute atomic E-state index is 0.0000106. The van der Waals surface area contributed by atoms with Crippen LogP contribution in [0.15, 0.2) is 53.4 Å². The highest BCUT2D eigenvalue weighted by atomic mass is 35.5. The van der Waals surface area contributed by atoms with E-state index in [2.05, 4.69) is 10.9 Å². The summed E-state index contributed by atoms with van der Waals surface area (Å²) in [6, 6.07) is 12.8. The van der Waals surface area contributed by atoms with Gasteiger partial charge in [0.05, 0.1) is 10.3 Å². The maximum absolute atomic E-state index is 13.1. The number of halogens is 2. The normalized spacial score (nSPS) is 11.6. The number of benzene rings is 2. The van der Waals surface area contributed by atoms with Crippen LogP contribution in [0, 0.1) is 5.82 Å². The van der Waals surface area contributed by atoms with Crippen molar-refractivity contribution in [3.63, 3.8) is 0 Å². The predicted octanol–water partition coefficient (Wildman–Crippen LogP) is 3.42. The van der Waals surface area contributed by atoms with Crippen molar-refractivity contribution in [1.82, 2.24) is 10.9 Å². The maximum Gasteiger partial charge on any atom is 0.269 e. The molecule has 0 aliphatic rings. The fourth-order valence-corrected chi connectivity index (χ4v) is 2.84. The summed E-state index contributed by atoms with van der Waals surface area (Å²) >= 11 is 6.91. The third-order valence-corrected chi connectivity index (χ3v) is 4.29. The molecule has 23 heavy (non-hydrogen) atoms. The van der Waals surface area contributed by atoms with E-state index in [-0.39, 0.29) is 10.9 Å². The van der Waals surface area contributed by atoms with Gasteiger partial charge < -0.3 is 0 Å². The fraction of sp³-hybridized carbons (Fsp3) is 0.125. The minimum atomic E-state index is -0.511. The lowest BCUT2D eigenvalue weighted by Crippen LogP contribution is -2.44. The van der Waals surface area contributed by atoms with Crippen molar-refractivity contribution in [1.29, 1.82) is 0 Å². The highest BCUT2D eigenvalue weighted by Gasteiger charge is 2.16. The van der Waals surface area contributed by atoms with E-state index >= 15 is 0 Å². The van der Waals surface area contributed by atoms with Gasteiger partial charge in [-0.25, -0.2) is 4.39 Å². The quantitative estimate of drug-likeness (QED) is 0.654. The summed E-state index contributed by atoms with van der Waals surface area (Å²) in [5, 5.41) is -0.493. The molecule has 2 amide bonds. The number of hydrogen-bond donors (Lipinski definition) is 2. The van der Waals surface area contributed by atoms with E-state index in [4.69, 9.17) is 11.6 Å². The van der Waals surface area contributed by atoms with Crippen LogP contribution in [0.25, 0.3) is 0 Å². The molecule has 2 N–H and O–H groups in total. The summed E-state index contributed by atoms with van der Waals surface area (Å²) in [4.78, 5) is 24.5. The largest absolute Gasteiger partial charge is 0.272 e. The van der Waals surface area contributed by atoms with Gasteiger partial charge in [0.2, 0.25) is 0 Å². The Balaban J connectivity index is 1.87. The molecule has 0 aliphatic carbocycles. The number of amides is 2. The first-order valence-corrected chi connectivity index (χ1v) is 8.00. The van der Waals surface area contributed by atoms with Crippen LogP contribution in [0.2, 0.25) is 5.02 Å². The molecule has 2 rings (SSSR count). The van der Waals surface area contributed by atoms with Crippen molar-refractivity contribution in [3.8, 4) is 0 Å². The average Bonchev–Trinajstić information content (AvgIpc) is 2.56. The Bertz CT molecular complexity index is 712. The van der Waals surface area contributed by atoms with E-state index in [1.54, 1.807) is 37.3 Å². The topological polar surface area (TPSA) is 58.2 Å². The van der Waals surface area contributed by atoms with Crippen molar-refractivity contribution in [2.75, 3.05) is 0 Å². The van der Waals surface area contributed by atoms with E-state index in [9.17, 15) is 14.0 Å². The van der Waals surface area contributed by atoms with Crippen molar-refractivity contribution in [2.24, 2.45) is 0 Å². The number of rotatable bonds is 4. The van der Waals surface area contributed by atoms with Crippen LogP contribution in [0.3, 0.4) is 0 Å². The number of hydrogen-bond acceptors (Lipinski definition) is 3. The highest BCUT2D eigenvalue weighted by Crippen LogP contribution is 2.27. The van der Waals surface area contributed by atoms with Gasteiger partial charge in [0.15, 0.2) is 0 Å². The molecule has 0 unspecified atom stereocenters. The summed E-state index contributed by atoms with van der Waals surface area (Å²) in [7, 11) is 0. The molecule has 0 saturated carbocycles. The second-order valence-corrected chi connectivity index (χ2v) is 6.47. The summed E-state index contributed by atoms with van der Waals surface area (Å²) in [5.74, 6) is -1.29. The van der Waals surface area contributed by atoms with Gasteiger partial charge in [0.25, 0.3) is 11.8 Å². The lowest BCUT2D eigenvalue weighted by molar-refractivity contribution is -0.121. The Labute approximate surface area is 142 Å². The first-order chi connectivity index (χ1) is 11.0. The average molecular weight is 353 g/mol. The first kappa shape index (κ1) is 17.3. The molecule has 0 bridgehead atoms. The second-order valence-electron chi connectivity index (χ2n) is 4.65. The first-order valence-electron chi connectivity index (χ1n) is 6.74. The zero-order valence-electron chi connectivity index (χ0n) is 12.2. The molecule has 2 aromatic carbocycles. The van der Waals surface area contributed by atoms with Crippen LogP contribution in [-0.4, -0.2) is 17.1 Å². The number of carbonyl (C=O) groups is 2. The van der Waals surface area contributed by atoms with Crippen LogP contribution in [0.4, 0.5) is 4.39 Å². The molecule has 0 heterocycles. The maximum atomic E-state index is 13.1. The van der Waals surface area contributed by atoms with E-state index in [1.807, 2.05) is 0 Å². The molecular weight excluding hydrogens is 339 g/mol. The molecule has 7 heteroatoms. The summed E-state index contributed by atoms with van der Waals surface area (Å²) in [5.41, 5.74) is 5.15. The molecular formula is C16H14ClFN2O2S. The predicted molar refractivity (Wildman–Crippen MR) is 88.8 cm³/mol. The standard InChI is InChI=1S/C16H14ClFN2O2S/c1-10(23-12-7-8-14(18)13(17)9-12)15(21)19-20-16(22)11-5-3-2-4-6-11/h2-10H,1H3,(H,19,21)(H,20,22)/t10-/m0/s1.